The normalized spacial score (nSPS) is 15.7. The van der Waals surface area contributed by atoms with Gasteiger partial charge in [0.2, 0.25) is 5.88 Å². The Labute approximate surface area is 115 Å². The van der Waals surface area contributed by atoms with E-state index in [4.69, 9.17) is 0 Å². The Morgan fingerprint density at radius 2 is 2.00 bits per heavy atom. The summed E-state index contributed by atoms with van der Waals surface area (Å²) in [6, 6.07) is 0. The van der Waals surface area contributed by atoms with Crippen molar-refractivity contribution in [1.82, 2.24) is 14.6 Å². The lowest BCUT2D eigenvalue weighted by Gasteiger charge is -2.23. The van der Waals surface area contributed by atoms with Crippen LogP contribution in [0.1, 0.15) is 24.8 Å². The minimum absolute atomic E-state index is 0.0166. The number of nitrogens with one attached hydrogen (secondary N) is 1. The molecule has 0 bridgehead atoms. The van der Waals surface area contributed by atoms with Crippen LogP contribution in [0, 0.1) is 0 Å². The van der Waals surface area contributed by atoms with E-state index in [1.54, 1.807) is 0 Å². The van der Waals surface area contributed by atoms with Gasteiger partial charge in [-0.15, -0.1) is 6.58 Å². The minimum Gasteiger partial charge on any atom is -0.494 e. The zero-order valence-corrected chi connectivity index (χ0v) is 11.2. The van der Waals surface area contributed by atoms with Gasteiger partial charge >= 0.3 is 5.69 Å². The van der Waals surface area contributed by atoms with Gasteiger partial charge in [0.1, 0.15) is 5.56 Å². The molecule has 1 aliphatic rings. The van der Waals surface area contributed by atoms with E-state index < -0.39 is 11.2 Å². The Hall–Kier alpha value is -2.31. The van der Waals surface area contributed by atoms with E-state index >= 15 is 0 Å². The smallest absolute Gasteiger partial charge is 0.331 e. The molecular formula is C13H18N4O3. The van der Waals surface area contributed by atoms with Gasteiger partial charge in [0, 0.05) is 19.6 Å². The first-order valence-electron chi connectivity index (χ1n) is 6.59. The van der Waals surface area contributed by atoms with Crippen LogP contribution < -0.4 is 11.2 Å². The number of aromatic hydroxyl groups is 1. The Bertz CT molecular complexity index is 623. The second-order valence-corrected chi connectivity index (χ2v) is 4.65. The number of hydrogen-bond acceptors (Lipinski definition) is 5. The number of H-pyrrole nitrogens is 1. The fourth-order valence-electron chi connectivity index (χ4n) is 2.12. The third kappa shape index (κ3) is 2.98. The maximum atomic E-state index is 11.7. The highest BCUT2D eigenvalue weighted by atomic mass is 16.3. The van der Waals surface area contributed by atoms with Crippen molar-refractivity contribution in [2.75, 3.05) is 13.1 Å². The summed E-state index contributed by atoms with van der Waals surface area (Å²) in [5.74, 6) is -0.389. The average Bonchev–Trinajstić information content (AvgIpc) is 2.44. The molecular weight excluding hydrogens is 260 g/mol. The number of piperidine rings is 1. The summed E-state index contributed by atoms with van der Waals surface area (Å²) in [5.41, 5.74) is -1.33. The van der Waals surface area contributed by atoms with Gasteiger partial charge in [-0.3, -0.25) is 19.4 Å². The molecule has 108 valence electrons. The van der Waals surface area contributed by atoms with Gasteiger partial charge in [-0.05, 0) is 19.3 Å². The summed E-state index contributed by atoms with van der Waals surface area (Å²) in [6.07, 6.45) is 6.08. The number of aromatic nitrogens is 2. The highest BCUT2D eigenvalue weighted by Crippen LogP contribution is 2.11. The topological polar surface area (TPSA) is 90.7 Å². The van der Waals surface area contributed by atoms with Gasteiger partial charge in [0.15, 0.2) is 0 Å². The van der Waals surface area contributed by atoms with Crippen molar-refractivity contribution in [3.05, 3.63) is 39.1 Å². The van der Waals surface area contributed by atoms with E-state index in [9.17, 15) is 14.7 Å². The average molecular weight is 278 g/mol. The highest BCUT2D eigenvalue weighted by Gasteiger charge is 2.12. The maximum absolute atomic E-state index is 11.7. The summed E-state index contributed by atoms with van der Waals surface area (Å²) < 4.78 is 1.03. The van der Waals surface area contributed by atoms with Crippen LogP contribution in [0.15, 0.2) is 27.3 Å². The summed E-state index contributed by atoms with van der Waals surface area (Å²) in [5, 5.41) is 16.0. The fourth-order valence-corrected chi connectivity index (χ4v) is 2.12. The van der Waals surface area contributed by atoms with Gasteiger partial charge in [-0.2, -0.15) is 5.10 Å². The number of hydrazone groups is 1. The molecule has 2 heterocycles. The number of rotatable bonds is 4. The van der Waals surface area contributed by atoms with Crippen molar-refractivity contribution in [2.45, 2.75) is 25.8 Å². The monoisotopic (exact) mass is 278 g/mol. The predicted molar refractivity (Wildman–Crippen MR) is 76.2 cm³/mol. The molecule has 2 rings (SSSR count). The molecule has 20 heavy (non-hydrogen) atoms. The summed E-state index contributed by atoms with van der Waals surface area (Å²) >= 11 is 0. The van der Waals surface area contributed by atoms with E-state index in [2.05, 4.69) is 16.7 Å². The number of allylic oxidation sites excluding steroid dienone is 1. The molecule has 1 fully saturated rings. The van der Waals surface area contributed by atoms with E-state index in [-0.39, 0.29) is 18.0 Å². The van der Waals surface area contributed by atoms with Crippen molar-refractivity contribution in [3.8, 4) is 5.88 Å². The Morgan fingerprint density at radius 3 is 2.65 bits per heavy atom. The van der Waals surface area contributed by atoms with E-state index in [0.29, 0.717) is 0 Å². The molecule has 0 atom stereocenters. The van der Waals surface area contributed by atoms with E-state index in [0.717, 1.165) is 30.5 Å². The second kappa shape index (κ2) is 6.23. The predicted octanol–water partition coefficient (Wildman–Crippen LogP) is 0.248. The van der Waals surface area contributed by atoms with Crippen LogP contribution in [0.3, 0.4) is 0 Å². The van der Waals surface area contributed by atoms with E-state index in [1.165, 1.54) is 18.7 Å². The standard InChI is InChI=1S/C13H18N4O3/c1-2-6-17-12(19)10(11(18)15-13(17)20)9-14-16-7-4-3-5-8-16/h2,9,19H,1,3-8H2,(H,15,18,20). The zero-order chi connectivity index (χ0) is 14.5. The minimum atomic E-state index is -0.664. The highest BCUT2D eigenvalue weighted by molar-refractivity contribution is 5.81. The van der Waals surface area contributed by atoms with Crippen LogP contribution in [0.5, 0.6) is 5.88 Å². The van der Waals surface area contributed by atoms with Crippen LogP contribution in [0.25, 0.3) is 0 Å². The molecule has 0 saturated carbocycles. The molecule has 1 aliphatic heterocycles. The van der Waals surface area contributed by atoms with Crippen molar-refractivity contribution >= 4 is 6.21 Å². The van der Waals surface area contributed by atoms with Crippen LogP contribution >= 0.6 is 0 Å². The third-order valence-electron chi connectivity index (χ3n) is 3.20. The van der Waals surface area contributed by atoms with Gasteiger partial charge in [0.05, 0.1) is 6.21 Å². The zero-order valence-electron chi connectivity index (χ0n) is 11.2. The van der Waals surface area contributed by atoms with Crippen LogP contribution in [-0.4, -0.2) is 39.0 Å². The first-order chi connectivity index (χ1) is 9.63. The number of aromatic amines is 1. The molecule has 0 unspecified atom stereocenters. The molecule has 7 nitrogen and oxygen atoms in total. The molecule has 1 aromatic heterocycles. The number of nitrogens with zero attached hydrogens (tertiary/aromatic N) is 3. The van der Waals surface area contributed by atoms with Crippen molar-refractivity contribution < 1.29 is 5.11 Å². The molecule has 0 aromatic carbocycles. The second-order valence-electron chi connectivity index (χ2n) is 4.65. The van der Waals surface area contributed by atoms with Crippen molar-refractivity contribution in [3.63, 3.8) is 0 Å². The van der Waals surface area contributed by atoms with Gasteiger partial charge in [0.25, 0.3) is 5.56 Å². The summed E-state index contributed by atoms with van der Waals surface area (Å²) in [6.45, 7) is 5.29. The van der Waals surface area contributed by atoms with Gasteiger partial charge in [-0.1, -0.05) is 6.08 Å². The Morgan fingerprint density at radius 1 is 1.30 bits per heavy atom. The lowest BCUT2D eigenvalue weighted by Crippen LogP contribution is -2.32. The lowest BCUT2D eigenvalue weighted by molar-refractivity contribution is 0.240. The van der Waals surface area contributed by atoms with Gasteiger partial charge in [-0.25, -0.2) is 4.79 Å². The molecule has 2 N–H and O–H groups in total. The fraction of sp³-hybridized carbons (Fsp3) is 0.462. The summed E-state index contributed by atoms with van der Waals surface area (Å²) in [4.78, 5) is 25.4. The first-order valence-corrected chi connectivity index (χ1v) is 6.59. The van der Waals surface area contributed by atoms with Gasteiger partial charge < -0.3 is 5.11 Å². The number of hydrogen-bond donors (Lipinski definition) is 2. The molecule has 1 aromatic rings. The van der Waals surface area contributed by atoms with E-state index in [1.807, 2.05) is 5.01 Å². The SMILES string of the molecule is C=CCn1c(O)c(C=NN2CCCCC2)c(=O)[nH]c1=O. The quantitative estimate of drug-likeness (QED) is 0.610. The first kappa shape index (κ1) is 14.1. The molecule has 0 aliphatic carbocycles. The third-order valence-corrected chi connectivity index (χ3v) is 3.20. The molecule has 0 spiro atoms. The van der Waals surface area contributed by atoms with Crippen molar-refractivity contribution in [2.24, 2.45) is 5.10 Å². The molecule has 1 saturated heterocycles. The Kier molecular flexibility index (Phi) is 4.39. The molecule has 0 amide bonds. The van der Waals surface area contributed by atoms with Crippen LogP contribution in [0.4, 0.5) is 0 Å². The van der Waals surface area contributed by atoms with Crippen LogP contribution in [-0.2, 0) is 6.54 Å². The molecule has 7 heteroatoms. The van der Waals surface area contributed by atoms with Crippen LogP contribution in [0.2, 0.25) is 0 Å². The lowest BCUT2D eigenvalue weighted by atomic mass is 10.2. The maximum Gasteiger partial charge on any atom is 0.331 e. The summed E-state index contributed by atoms with van der Waals surface area (Å²) in [7, 11) is 0. The Balaban J connectivity index is 2.33. The molecule has 0 radical (unpaired) electrons. The van der Waals surface area contributed by atoms with Crippen molar-refractivity contribution in [1.29, 1.82) is 0 Å². The largest absolute Gasteiger partial charge is 0.494 e.